The number of aromatic nitrogens is 3. The first kappa shape index (κ1) is 19.6. The summed E-state index contributed by atoms with van der Waals surface area (Å²) >= 11 is 0. The van der Waals surface area contributed by atoms with Crippen LogP contribution in [-0.2, 0) is 21.2 Å². The molecule has 2 N–H and O–H groups in total. The molecular weight excluding hydrogens is 370 g/mol. The van der Waals surface area contributed by atoms with E-state index in [1.807, 2.05) is 25.6 Å². The van der Waals surface area contributed by atoms with E-state index in [0.29, 0.717) is 24.5 Å². The van der Waals surface area contributed by atoms with Gasteiger partial charge in [0.25, 0.3) is 5.91 Å². The van der Waals surface area contributed by atoms with Gasteiger partial charge in [0.05, 0.1) is 35.9 Å². The van der Waals surface area contributed by atoms with Crippen LogP contribution in [0.2, 0.25) is 0 Å². The Labute approximate surface area is 158 Å². The SMILES string of the molecule is Cc1cc(NC(=O)C[NH+](C)Cc2c(C)nn([C@H]3CCS(=O)(=O)C3)c2C)no1. The van der Waals surface area contributed by atoms with Gasteiger partial charge in [-0.2, -0.15) is 5.10 Å². The molecule has 0 saturated carbocycles. The minimum atomic E-state index is -2.96. The molecule has 2 aromatic rings. The molecule has 10 heteroatoms. The molecule has 0 bridgehead atoms. The third-order valence-electron chi connectivity index (χ3n) is 4.87. The highest BCUT2D eigenvalue weighted by Gasteiger charge is 2.32. The highest BCUT2D eigenvalue weighted by molar-refractivity contribution is 7.91. The number of anilines is 1. The molecule has 1 aliphatic heterocycles. The number of hydrogen-bond donors (Lipinski definition) is 2. The lowest BCUT2D eigenvalue weighted by Crippen LogP contribution is -3.08. The minimum absolute atomic E-state index is 0.0959. The Bertz CT molecular complexity index is 947. The smallest absolute Gasteiger partial charge is 0.280 e. The predicted octanol–water partition coefficient (Wildman–Crippen LogP) is -0.191. The summed E-state index contributed by atoms with van der Waals surface area (Å²) in [5.41, 5.74) is 2.91. The van der Waals surface area contributed by atoms with Crippen LogP contribution in [-0.4, -0.2) is 54.4 Å². The summed E-state index contributed by atoms with van der Waals surface area (Å²) in [6.45, 7) is 6.55. The fraction of sp³-hybridized carbons (Fsp3) is 0.588. The first-order valence-corrected chi connectivity index (χ1v) is 10.8. The van der Waals surface area contributed by atoms with Crippen molar-refractivity contribution in [2.24, 2.45) is 0 Å². The molecule has 2 aromatic heterocycles. The van der Waals surface area contributed by atoms with Crippen molar-refractivity contribution in [1.29, 1.82) is 0 Å². The number of aryl methyl sites for hydroxylation is 2. The average Bonchev–Trinajstić information content (AvgIpc) is 3.20. The van der Waals surface area contributed by atoms with E-state index >= 15 is 0 Å². The van der Waals surface area contributed by atoms with Gasteiger partial charge in [-0.1, -0.05) is 5.16 Å². The number of carbonyl (C=O) groups is 1. The Kier molecular flexibility index (Phi) is 5.38. The second-order valence-corrected chi connectivity index (χ2v) is 9.56. The maximum atomic E-state index is 12.2. The first-order chi connectivity index (χ1) is 12.6. The Balaban J connectivity index is 1.64. The molecule has 9 nitrogen and oxygen atoms in total. The van der Waals surface area contributed by atoms with Crippen molar-refractivity contribution in [3.05, 3.63) is 28.8 Å². The third-order valence-corrected chi connectivity index (χ3v) is 6.62. The molecule has 3 heterocycles. The summed E-state index contributed by atoms with van der Waals surface area (Å²) < 4.78 is 30.3. The molecule has 3 rings (SSSR count). The number of carbonyl (C=O) groups excluding carboxylic acids is 1. The van der Waals surface area contributed by atoms with Gasteiger partial charge < -0.3 is 14.7 Å². The van der Waals surface area contributed by atoms with Crippen LogP contribution in [0.15, 0.2) is 10.6 Å². The molecule has 148 valence electrons. The minimum Gasteiger partial charge on any atom is -0.360 e. The molecule has 1 fully saturated rings. The number of likely N-dealkylation sites (N-methyl/N-ethyl adjacent to an activating group) is 1. The van der Waals surface area contributed by atoms with Crippen LogP contribution in [0.3, 0.4) is 0 Å². The Hall–Kier alpha value is -2.20. The fourth-order valence-corrected chi connectivity index (χ4v) is 5.22. The van der Waals surface area contributed by atoms with Crippen LogP contribution in [0.5, 0.6) is 0 Å². The predicted molar refractivity (Wildman–Crippen MR) is 99.3 cm³/mol. The van der Waals surface area contributed by atoms with Crippen LogP contribution in [0.1, 0.15) is 35.2 Å². The van der Waals surface area contributed by atoms with E-state index in [9.17, 15) is 13.2 Å². The van der Waals surface area contributed by atoms with E-state index in [1.54, 1.807) is 13.0 Å². The van der Waals surface area contributed by atoms with Crippen molar-refractivity contribution in [1.82, 2.24) is 14.9 Å². The van der Waals surface area contributed by atoms with E-state index in [1.165, 1.54) is 0 Å². The van der Waals surface area contributed by atoms with Gasteiger partial charge in [0.1, 0.15) is 12.3 Å². The number of amides is 1. The van der Waals surface area contributed by atoms with Crippen molar-refractivity contribution < 1.29 is 22.6 Å². The normalized spacial score (nSPS) is 19.9. The van der Waals surface area contributed by atoms with Gasteiger partial charge in [-0.05, 0) is 27.2 Å². The standard InChI is InChI=1S/C17H25N5O4S/c1-11-7-16(20-26-11)18-17(23)9-21(4)8-15-12(2)19-22(13(15)3)14-5-6-27(24,25)10-14/h7,14H,5-6,8-10H2,1-4H3,(H,18,20,23)/p+1/t14-/m0/s1. The molecule has 0 radical (unpaired) electrons. The molecule has 1 aliphatic rings. The molecule has 0 aliphatic carbocycles. The Morgan fingerprint density at radius 2 is 2.15 bits per heavy atom. The van der Waals surface area contributed by atoms with E-state index in [2.05, 4.69) is 15.6 Å². The lowest BCUT2D eigenvalue weighted by atomic mass is 10.1. The van der Waals surface area contributed by atoms with Crippen LogP contribution in [0.4, 0.5) is 5.82 Å². The monoisotopic (exact) mass is 396 g/mol. The Morgan fingerprint density at radius 3 is 2.74 bits per heavy atom. The quantitative estimate of drug-likeness (QED) is 0.700. The fourth-order valence-electron chi connectivity index (χ4n) is 3.53. The molecule has 27 heavy (non-hydrogen) atoms. The zero-order valence-corrected chi connectivity index (χ0v) is 16.9. The summed E-state index contributed by atoms with van der Waals surface area (Å²) in [6.07, 6.45) is 0.603. The Morgan fingerprint density at radius 1 is 1.41 bits per heavy atom. The van der Waals surface area contributed by atoms with Crippen LogP contribution < -0.4 is 10.2 Å². The van der Waals surface area contributed by atoms with E-state index < -0.39 is 9.84 Å². The number of sulfone groups is 1. The highest BCUT2D eigenvalue weighted by Crippen LogP contribution is 2.26. The maximum absolute atomic E-state index is 12.2. The number of hydrogen-bond acceptors (Lipinski definition) is 6. The average molecular weight is 396 g/mol. The van der Waals surface area contributed by atoms with Crippen LogP contribution >= 0.6 is 0 Å². The van der Waals surface area contributed by atoms with Gasteiger partial charge >= 0.3 is 0 Å². The largest absolute Gasteiger partial charge is 0.360 e. The third kappa shape index (κ3) is 4.56. The lowest BCUT2D eigenvalue weighted by molar-refractivity contribution is -0.885. The van der Waals surface area contributed by atoms with Gasteiger partial charge in [0, 0.05) is 11.8 Å². The molecule has 2 atom stereocenters. The zero-order valence-electron chi connectivity index (χ0n) is 16.1. The van der Waals surface area contributed by atoms with E-state index in [0.717, 1.165) is 21.9 Å². The van der Waals surface area contributed by atoms with Gasteiger partial charge in [-0.15, -0.1) is 0 Å². The summed E-state index contributed by atoms with van der Waals surface area (Å²) in [7, 11) is -1.03. The second-order valence-electron chi connectivity index (χ2n) is 7.33. The van der Waals surface area contributed by atoms with Gasteiger partial charge in [-0.3, -0.25) is 9.48 Å². The molecular formula is C17H26N5O4S+. The van der Waals surface area contributed by atoms with Gasteiger partial charge in [-0.25, -0.2) is 8.42 Å². The second kappa shape index (κ2) is 7.43. The molecule has 1 amide bonds. The molecule has 0 spiro atoms. The van der Waals surface area contributed by atoms with Gasteiger partial charge in [0.15, 0.2) is 22.2 Å². The van der Waals surface area contributed by atoms with Crippen molar-refractivity contribution >= 4 is 21.6 Å². The van der Waals surface area contributed by atoms with Crippen LogP contribution in [0, 0.1) is 20.8 Å². The zero-order chi connectivity index (χ0) is 19.8. The van der Waals surface area contributed by atoms with Crippen molar-refractivity contribution in [3.8, 4) is 0 Å². The lowest BCUT2D eigenvalue weighted by Gasteiger charge is -2.15. The summed E-state index contributed by atoms with van der Waals surface area (Å²) in [4.78, 5) is 13.2. The highest BCUT2D eigenvalue weighted by atomic mass is 32.2. The molecule has 1 saturated heterocycles. The van der Waals surface area contributed by atoms with Crippen LogP contribution in [0.25, 0.3) is 0 Å². The van der Waals surface area contributed by atoms with E-state index in [-0.39, 0.29) is 30.0 Å². The van der Waals surface area contributed by atoms with Crippen molar-refractivity contribution in [2.45, 2.75) is 39.8 Å². The molecule has 0 aromatic carbocycles. The summed E-state index contributed by atoms with van der Waals surface area (Å²) in [5.74, 6) is 1.27. The van der Waals surface area contributed by atoms with Gasteiger partial charge in [0.2, 0.25) is 0 Å². The maximum Gasteiger partial charge on any atom is 0.280 e. The van der Waals surface area contributed by atoms with Crippen molar-refractivity contribution in [2.75, 3.05) is 30.4 Å². The number of quaternary nitrogens is 1. The number of nitrogens with zero attached hydrogens (tertiary/aromatic N) is 3. The molecule has 1 unspecified atom stereocenters. The topological polar surface area (TPSA) is 112 Å². The number of nitrogens with one attached hydrogen (secondary N) is 2. The summed E-state index contributed by atoms with van der Waals surface area (Å²) in [5, 5.41) is 11.0. The summed E-state index contributed by atoms with van der Waals surface area (Å²) in [6, 6.07) is 1.57. The number of rotatable bonds is 6. The van der Waals surface area contributed by atoms with Crippen molar-refractivity contribution in [3.63, 3.8) is 0 Å². The first-order valence-electron chi connectivity index (χ1n) is 8.94. The van der Waals surface area contributed by atoms with E-state index in [4.69, 9.17) is 4.52 Å².